The quantitative estimate of drug-likeness (QED) is 0.230. The summed E-state index contributed by atoms with van der Waals surface area (Å²) in [5.74, 6) is 0.936. The van der Waals surface area contributed by atoms with Crippen molar-refractivity contribution in [1.29, 1.82) is 0 Å². The van der Waals surface area contributed by atoms with Gasteiger partial charge >= 0.3 is 0 Å². The predicted octanol–water partition coefficient (Wildman–Crippen LogP) is 9.69. The van der Waals surface area contributed by atoms with Gasteiger partial charge in [-0.25, -0.2) is 4.98 Å². The molecule has 192 valence electrons. The van der Waals surface area contributed by atoms with Crippen molar-refractivity contribution >= 4 is 54.8 Å². The van der Waals surface area contributed by atoms with Crippen molar-refractivity contribution in [2.75, 3.05) is 0 Å². The highest BCUT2D eigenvalue weighted by Crippen LogP contribution is 2.41. The molecule has 4 nitrogen and oxygen atoms in total. The second-order valence-electron chi connectivity index (χ2n) is 10.4. The summed E-state index contributed by atoms with van der Waals surface area (Å²) >= 11 is 0. The number of hydrogen-bond acceptors (Lipinski definition) is 2. The first kappa shape index (κ1) is 22.2. The number of rotatable bonds is 3. The zero-order valence-corrected chi connectivity index (χ0v) is 22.0. The molecule has 3 aromatic heterocycles. The maximum atomic E-state index is 6.25. The van der Waals surface area contributed by atoms with Crippen LogP contribution in [0.2, 0.25) is 0 Å². The van der Waals surface area contributed by atoms with Crippen LogP contribution in [0, 0.1) is 0 Å². The Labute approximate surface area is 235 Å². The standard InChI is InChI=1S/C37H23N3O/c1-2-10-24(11-3-1)37-38-29-14-6-8-16-31(29)40(37)26-20-18-25(19-21-26)39-30-15-7-4-12-27(30)35-32(39)22-23-34-36(35)28-13-5-9-17-33(28)41-34/h1-23H. The van der Waals surface area contributed by atoms with E-state index in [-0.39, 0.29) is 0 Å². The van der Waals surface area contributed by atoms with Gasteiger partial charge in [0, 0.05) is 38.5 Å². The normalized spacial score (nSPS) is 11.9. The second kappa shape index (κ2) is 8.44. The van der Waals surface area contributed by atoms with Gasteiger partial charge in [0.15, 0.2) is 0 Å². The van der Waals surface area contributed by atoms with Gasteiger partial charge in [0.05, 0.1) is 22.1 Å². The Balaban J connectivity index is 1.28. The third kappa shape index (κ3) is 3.19. The first-order valence-corrected chi connectivity index (χ1v) is 13.8. The number of aromatic nitrogens is 3. The Kier molecular flexibility index (Phi) is 4.58. The van der Waals surface area contributed by atoms with Crippen molar-refractivity contribution in [1.82, 2.24) is 14.1 Å². The van der Waals surface area contributed by atoms with Crippen molar-refractivity contribution in [2.45, 2.75) is 0 Å². The van der Waals surface area contributed by atoms with Gasteiger partial charge in [0.1, 0.15) is 17.0 Å². The molecule has 0 spiro atoms. The van der Waals surface area contributed by atoms with Crippen LogP contribution in [0.4, 0.5) is 0 Å². The smallest absolute Gasteiger partial charge is 0.145 e. The van der Waals surface area contributed by atoms with Crippen molar-refractivity contribution in [2.24, 2.45) is 0 Å². The minimum absolute atomic E-state index is 0.914. The summed E-state index contributed by atoms with van der Waals surface area (Å²) in [6, 6.07) is 48.8. The molecule has 0 atom stereocenters. The zero-order chi connectivity index (χ0) is 26.9. The molecule has 0 N–H and O–H groups in total. The van der Waals surface area contributed by atoms with Gasteiger partial charge < -0.3 is 8.98 Å². The second-order valence-corrected chi connectivity index (χ2v) is 10.4. The van der Waals surface area contributed by atoms with Crippen molar-refractivity contribution in [3.63, 3.8) is 0 Å². The Bertz CT molecular complexity index is 2410. The summed E-state index contributed by atoms with van der Waals surface area (Å²) < 4.78 is 10.9. The number of hydrogen-bond donors (Lipinski definition) is 0. The molecule has 4 heteroatoms. The Morgan fingerprint density at radius 1 is 0.439 bits per heavy atom. The monoisotopic (exact) mass is 525 g/mol. The van der Waals surface area contributed by atoms with Crippen LogP contribution in [-0.2, 0) is 0 Å². The zero-order valence-electron chi connectivity index (χ0n) is 22.0. The molecule has 41 heavy (non-hydrogen) atoms. The predicted molar refractivity (Wildman–Crippen MR) is 168 cm³/mol. The van der Waals surface area contributed by atoms with Crippen LogP contribution in [0.15, 0.2) is 144 Å². The van der Waals surface area contributed by atoms with E-state index in [4.69, 9.17) is 9.40 Å². The lowest BCUT2D eigenvalue weighted by Crippen LogP contribution is -1.99. The van der Waals surface area contributed by atoms with Gasteiger partial charge in [-0.05, 0) is 60.7 Å². The van der Waals surface area contributed by atoms with Gasteiger partial charge in [-0.2, -0.15) is 0 Å². The van der Waals surface area contributed by atoms with Crippen molar-refractivity contribution in [3.8, 4) is 22.8 Å². The van der Waals surface area contributed by atoms with E-state index < -0.39 is 0 Å². The lowest BCUT2D eigenvalue weighted by Gasteiger charge is -2.12. The summed E-state index contributed by atoms with van der Waals surface area (Å²) in [6.07, 6.45) is 0. The molecule has 0 radical (unpaired) electrons. The van der Waals surface area contributed by atoms with E-state index in [1.165, 1.54) is 21.7 Å². The van der Waals surface area contributed by atoms with Gasteiger partial charge in [0.25, 0.3) is 0 Å². The van der Waals surface area contributed by atoms with Crippen LogP contribution in [0.3, 0.4) is 0 Å². The molecule has 0 bridgehead atoms. The molecule has 0 aliphatic rings. The Morgan fingerprint density at radius 2 is 1.10 bits per heavy atom. The van der Waals surface area contributed by atoms with Crippen LogP contribution < -0.4 is 0 Å². The van der Waals surface area contributed by atoms with Crippen LogP contribution in [0.1, 0.15) is 0 Å². The molecular weight excluding hydrogens is 502 g/mol. The molecule has 0 saturated carbocycles. The fourth-order valence-electron chi connectivity index (χ4n) is 6.37. The highest BCUT2D eigenvalue weighted by Gasteiger charge is 2.19. The first-order chi connectivity index (χ1) is 20.3. The van der Waals surface area contributed by atoms with Crippen molar-refractivity contribution < 1.29 is 4.42 Å². The number of furan rings is 1. The highest BCUT2D eigenvalue weighted by molar-refractivity contribution is 6.27. The van der Waals surface area contributed by atoms with Gasteiger partial charge in [0.2, 0.25) is 0 Å². The van der Waals surface area contributed by atoms with Crippen LogP contribution in [-0.4, -0.2) is 14.1 Å². The fourth-order valence-corrected chi connectivity index (χ4v) is 6.37. The minimum atomic E-state index is 0.914. The largest absolute Gasteiger partial charge is 0.456 e. The van der Waals surface area contributed by atoms with Crippen LogP contribution in [0.25, 0.3) is 77.5 Å². The molecule has 6 aromatic carbocycles. The molecule has 0 unspecified atom stereocenters. The van der Waals surface area contributed by atoms with Crippen LogP contribution >= 0.6 is 0 Å². The number of imidazole rings is 1. The minimum Gasteiger partial charge on any atom is -0.456 e. The maximum absolute atomic E-state index is 6.25. The summed E-state index contributed by atoms with van der Waals surface area (Å²) in [5, 5.41) is 4.75. The SMILES string of the molecule is c1ccc(-c2nc3ccccc3n2-c2ccc(-n3c4ccccc4c4c5c(ccc43)oc3ccccc35)cc2)cc1. The third-order valence-electron chi connectivity index (χ3n) is 8.14. The summed E-state index contributed by atoms with van der Waals surface area (Å²) in [7, 11) is 0. The average molecular weight is 526 g/mol. The molecule has 0 fully saturated rings. The summed E-state index contributed by atoms with van der Waals surface area (Å²) in [4.78, 5) is 5.01. The van der Waals surface area contributed by atoms with Gasteiger partial charge in [-0.1, -0.05) is 78.9 Å². The van der Waals surface area contributed by atoms with E-state index >= 15 is 0 Å². The number of para-hydroxylation sites is 4. The van der Waals surface area contributed by atoms with E-state index in [1.807, 2.05) is 24.3 Å². The average Bonchev–Trinajstić information content (AvgIpc) is 3.71. The molecular formula is C37H23N3O. The molecule has 0 aliphatic carbocycles. The van der Waals surface area contributed by atoms with Gasteiger partial charge in [-0.15, -0.1) is 0 Å². The molecule has 0 aliphatic heterocycles. The summed E-state index contributed by atoms with van der Waals surface area (Å²) in [6.45, 7) is 0. The number of benzene rings is 6. The van der Waals surface area contributed by atoms with E-state index in [9.17, 15) is 0 Å². The lowest BCUT2D eigenvalue weighted by molar-refractivity contribution is 0.669. The Hall–Kier alpha value is -5.61. The van der Waals surface area contributed by atoms with E-state index in [0.29, 0.717) is 0 Å². The fraction of sp³-hybridized carbons (Fsp3) is 0. The first-order valence-electron chi connectivity index (χ1n) is 13.8. The topological polar surface area (TPSA) is 35.9 Å². The number of nitrogens with zero attached hydrogens (tertiary/aromatic N) is 3. The van der Waals surface area contributed by atoms with Crippen molar-refractivity contribution in [3.05, 3.63) is 140 Å². The number of fused-ring (bicyclic) bond motifs is 8. The molecule has 9 rings (SSSR count). The van der Waals surface area contributed by atoms with Gasteiger partial charge in [-0.3, -0.25) is 4.57 Å². The van der Waals surface area contributed by atoms with E-state index in [1.54, 1.807) is 0 Å². The lowest BCUT2D eigenvalue weighted by atomic mass is 10.1. The molecule has 9 aromatic rings. The third-order valence-corrected chi connectivity index (χ3v) is 8.14. The highest BCUT2D eigenvalue weighted by atomic mass is 16.3. The molecule has 0 amide bonds. The van der Waals surface area contributed by atoms with E-state index in [0.717, 1.165) is 55.9 Å². The molecule has 0 saturated heterocycles. The Morgan fingerprint density at radius 3 is 1.93 bits per heavy atom. The summed E-state index contributed by atoms with van der Waals surface area (Å²) in [5.41, 5.74) is 9.51. The van der Waals surface area contributed by atoms with E-state index in [2.05, 4.69) is 124 Å². The van der Waals surface area contributed by atoms with Crippen LogP contribution in [0.5, 0.6) is 0 Å². The molecule has 3 heterocycles. The maximum Gasteiger partial charge on any atom is 0.145 e.